The van der Waals surface area contributed by atoms with Crippen LogP contribution in [0.4, 0.5) is 4.39 Å². The van der Waals surface area contributed by atoms with E-state index < -0.39 is 9.84 Å². The Labute approximate surface area is 117 Å². The first-order chi connectivity index (χ1) is 9.58. The number of benzene rings is 2. The topological polar surface area (TPSA) is 46.2 Å². The van der Waals surface area contributed by atoms with E-state index in [0.29, 0.717) is 17.0 Å². The Kier molecular flexibility index (Phi) is 3.31. The summed E-state index contributed by atoms with van der Waals surface area (Å²) in [5.74, 6) is -0.255. The summed E-state index contributed by atoms with van der Waals surface area (Å²) >= 11 is 0. The van der Waals surface area contributed by atoms with Crippen molar-refractivity contribution in [3.8, 4) is 0 Å². The third-order valence-electron chi connectivity index (χ3n) is 3.51. The maximum absolute atomic E-state index is 13.6. The van der Waals surface area contributed by atoms with Gasteiger partial charge in [0.25, 0.3) is 0 Å². The van der Waals surface area contributed by atoms with Gasteiger partial charge in [-0.05, 0) is 17.7 Å². The quantitative estimate of drug-likeness (QED) is 0.945. The highest BCUT2D eigenvalue weighted by molar-refractivity contribution is 7.91. The van der Waals surface area contributed by atoms with Gasteiger partial charge < -0.3 is 5.32 Å². The van der Waals surface area contributed by atoms with Crippen LogP contribution < -0.4 is 5.32 Å². The fraction of sp³-hybridized carbons (Fsp3) is 0.200. The van der Waals surface area contributed by atoms with Crippen LogP contribution >= 0.6 is 0 Å². The molecule has 1 atom stereocenters. The van der Waals surface area contributed by atoms with E-state index in [4.69, 9.17) is 0 Å². The van der Waals surface area contributed by atoms with Crippen LogP contribution in [0.15, 0.2) is 53.4 Å². The second-order valence-electron chi connectivity index (χ2n) is 4.84. The highest BCUT2D eigenvalue weighted by atomic mass is 32.2. The molecule has 5 heteroatoms. The van der Waals surface area contributed by atoms with Crippen LogP contribution in [0.3, 0.4) is 0 Å². The fourth-order valence-electron chi connectivity index (χ4n) is 2.49. The first-order valence-electron chi connectivity index (χ1n) is 6.36. The van der Waals surface area contributed by atoms with Gasteiger partial charge in [0.05, 0.1) is 10.6 Å². The average molecular weight is 291 g/mol. The summed E-state index contributed by atoms with van der Waals surface area (Å²) in [5.41, 5.74) is 1.30. The fourth-order valence-corrected chi connectivity index (χ4v) is 4.27. The Hall–Kier alpha value is -1.72. The van der Waals surface area contributed by atoms with E-state index in [2.05, 4.69) is 5.32 Å². The molecule has 1 aliphatic heterocycles. The molecule has 2 aromatic rings. The van der Waals surface area contributed by atoms with E-state index in [9.17, 15) is 12.8 Å². The van der Waals surface area contributed by atoms with Crippen molar-refractivity contribution in [3.63, 3.8) is 0 Å². The van der Waals surface area contributed by atoms with Gasteiger partial charge in [-0.15, -0.1) is 0 Å². The summed E-state index contributed by atoms with van der Waals surface area (Å²) in [6.07, 6.45) is 0. The zero-order chi connectivity index (χ0) is 14.2. The van der Waals surface area contributed by atoms with Crippen LogP contribution in [0.25, 0.3) is 0 Å². The van der Waals surface area contributed by atoms with E-state index in [-0.39, 0.29) is 17.6 Å². The molecule has 0 amide bonds. The molecule has 3 nitrogen and oxygen atoms in total. The lowest BCUT2D eigenvalue weighted by Gasteiger charge is -2.13. The van der Waals surface area contributed by atoms with Crippen molar-refractivity contribution in [3.05, 3.63) is 65.5 Å². The van der Waals surface area contributed by atoms with Gasteiger partial charge in [-0.3, -0.25) is 0 Å². The number of nitrogens with one attached hydrogen (secondary N) is 1. The molecule has 0 aliphatic carbocycles. The molecule has 1 heterocycles. The molecule has 0 saturated carbocycles. The van der Waals surface area contributed by atoms with Crippen molar-refractivity contribution in [2.75, 3.05) is 5.75 Å². The van der Waals surface area contributed by atoms with Gasteiger partial charge in [-0.25, -0.2) is 12.8 Å². The van der Waals surface area contributed by atoms with Crippen LogP contribution in [0.1, 0.15) is 17.2 Å². The lowest BCUT2D eigenvalue weighted by Crippen LogP contribution is -2.22. The molecule has 0 bridgehead atoms. The molecule has 1 N–H and O–H groups in total. The first kappa shape index (κ1) is 13.3. The maximum Gasteiger partial charge on any atom is 0.180 e. The Morgan fingerprint density at radius 1 is 1.10 bits per heavy atom. The van der Waals surface area contributed by atoms with E-state index in [1.54, 1.807) is 36.4 Å². The lowest BCUT2D eigenvalue weighted by molar-refractivity contribution is 0.543. The minimum atomic E-state index is -3.23. The van der Waals surface area contributed by atoms with E-state index in [0.717, 1.165) is 5.56 Å². The van der Waals surface area contributed by atoms with E-state index in [1.165, 1.54) is 6.07 Å². The largest absolute Gasteiger partial charge is 0.305 e. The average Bonchev–Trinajstić information content (AvgIpc) is 2.70. The van der Waals surface area contributed by atoms with Crippen LogP contribution in [0, 0.1) is 5.82 Å². The number of rotatable bonds is 3. The zero-order valence-electron chi connectivity index (χ0n) is 10.7. The molecular weight excluding hydrogens is 277 g/mol. The number of fused-ring (bicyclic) bond motifs is 1. The third kappa shape index (κ3) is 2.34. The minimum absolute atomic E-state index is 0.0286. The first-order valence-corrected chi connectivity index (χ1v) is 8.01. The molecule has 3 rings (SSSR count). The van der Waals surface area contributed by atoms with Crippen LogP contribution in [0.2, 0.25) is 0 Å². The van der Waals surface area contributed by atoms with Gasteiger partial charge >= 0.3 is 0 Å². The zero-order valence-corrected chi connectivity index (χ0v) is 11.5. The predicted octanol–water partition coefficient (Wildman–Crippen LogP) is 2.44. The number of hydrogen-bond acceptors (Lipinski definition) is 3. The molecule has 2 aromatic carbocycles. The van der Waals surface area contributed by atoms with Gasteiger partial charge in [-0.1, -0.05) is 36.4 Å². The summed E-state index contributed by atoms with van der Waals surface area (Å²) < 4.78 is 37.6. The van der Waals surface area contributed by atoms with Gasteiger partial charge in [-0.2, -0.15) is 0 Å². The highest BCUT2D eigenvalue weighted by Gasteiger charge is 2.33. The summed E-state index contributed by atoms with van der Waals surface area (Å²) in [5, 5.41) is 3.13. The second-order valence-corrected chi connectivity index (χ2v) is 6.85. The van der Waals surface area contributed by atoms with E-state index in [1.807, 2.05) is 6.07 Å². The van der Waals surface area contributed by atoms with Gasteiger partial charge in [0.1, 0.15) is 5.82 Å². The number of halogens is 1. The maximum atomic E-state index is 13.6. The van der Waals surface area contributed by atoms with Gasteiger partial charge in [0.15, 0.2) is 9.84 Å². The summed E-state index contributed by atoms with van der Waals surface area (Å²) in [4.78, 5) is 0.381. The Morgan fingerprint density at radius 3 is 2.60 bits per heavy atom. The Morgan fingerprint density at radius 2 is 1.80 bits per heavy atom. The van der Waals surface area contributed by atoms with Crippen molar-refractivity contribution in [1.29, 1.82) is 0 Å². The standard InChI is InChI=1S/C15H14FNO2S/c16-13-7-3-1-5-11(13)9-17-14-10-20(18,19)15-8-4-2-6-12(14)15/h1-8,14,17H,9-10H2. The highest BCUT2D eigenvalue weighted by Crippen LogP contribution is 2.33. The van der Waals surface area contributed by atoms with Gasteiger partial charge in [0.2, 0.25) is 0 Å². The van der Waals surface area contributed by atoms with E-state index >= 15 is 0 Å². The molecule has 1 unspecified atom stereocenters. The molecular formula is C15H14FNO2S. The number of hydrogen-bond donors (Lipinski definition) is 1. The third-order valence-corrected chi connectivity index (χ3v) is 5.33. The molecule has 0 fully saturated rings. The molecule has 0 saturated heterocycles. The summed E-state index contributed by atoms with van der Waals surface area (Å²) in [6, 6.07) is 13.2. The molecule has 0 radical (unpaired) electrons. The molecule has 104 valence electrons. The summed E-state index contributed by atoms with van der Waals surface area (Å²) in [7, 11) is -3.23. The second kappa shape index (κ2) is 5.00. The van der Waals surface area contributed by atoms with Gasteiger partial charge in [0, 0.05) is 18.2 Å². The van der Waals surface area contributed by atoms with Crippen LogP contribution in [-0.4, -0.2) is 14.2 Å². The lowest BCUT2D eigenvalue weighted by atomic mass is 10.1. The van der Waals surface area contributed by atoms with Crippen molar-refractivity contribution in [1.82, 2.24) is 5.32 Å². The molecule has 20 heavy (non-hydrogen) atoms. The Bertz CT molecular complexity index is 743. The van der Waals surface area contributed by atoms with Crippen LogP contribution in [-0.2, 0) is 16.4 Å². The van der Waals surface area contributed by atoms with Crippen LogP contribution in [0.5, 0.6) is 0 Å². The monoisotopic (exact) mass is 291 g/mol. The van der Waals surface area contributed by atoms with Crippen molar-refractivity contribution in [2.45, 2.75) is 17.5 Å². The SMILES string of the molecule is O=S1(=O)CC(NCc2ccccc2F)c2ccccc21. The molecule has 0 spiro atoms. The minimum Gasteiger partial charge on any atom is -0.305 e. The summed E-state index contributed by atoms with van der Waals surface area (Å²) in [6.45, 7) is 0.307. The smallest absolute Gasteiger partial charge is 0.180 e. The van der Waals surface area contributed by atoms with Crippen molar-refractivity contribution in [2.24, 2.45) is 0 Å². The predicted molar refractivity (Wildman–Crippen MR) is 74.5 cm³/mol. The number of sulfone groups is 1. The Balaban J connectivity index is 1.82. The van der Waals surface area contributed by atoms with Crippen molar-refractivity contribution < 1.29 is 12.8 Å². The van der Waals surface area contributed by atoms with Crippen molar-refractivity contribution >= 4 is 9.84 Å². The molecule has 0 aromatic heterocycles. The molecule has 1 aliphatic rings. The normalized spacial score (nSPS) is 19.8.